The van der Waals surface area contributed by atoms with E-state index < -0.39 is 0 Å². The van der Waals surface area contributed by atoms with Gasteiger partial charge in [-0.15, -0.1) is 0 Å². The summed E-state index contributed by atoms with van der Waals surface area (Å²) in [6.45, 7) is 6.66. The lowest BCUT2D eigenvalue weighted by atomic mass is 10.1. The summed E-state index contributed by atoms with van der Waals surface area (Å²) < 4.78 is 0. The molecule has 2 atom stereocenters. The molecule has 0 saturated heterocycles. The number of amidine groups is 1. The quantitative estimate of drug-likeness (QED) is 0.241. The maximum atomic E-state index is 5.03. The maximum Gasteiger partial charge on any atom is 0.157 e. The highest BCUT2D eigenvalue weighted by atomic mass is 32.2. The molecule has 0 bridgehead atoms. The minimum absolute atomic E-state index is 0.156. The van der Waals surface area contributed by atoms with Crippen LogP contribution in [0.25, 0.3) is 0 Å². The Bertz CT molecular complexity index is 669. The Labute approximate surface area is 176 Å². The fourth-order valence-corrected chi connectivity index (χ4v) is 4.19. The second-order valence-corrected chi connectivity index (χ2v) is 8.50. The first-order valence-corrected chi connectivity index (χ1v) is 11.8. The van der Waals surface area contributed by atoms with E-state index in [0.29, 0.717) is 0 Å². The number of thioether (sulfide) groups is 1. The van der Waals surface area contributed by atoms with Gasteiger partial charge in [0.05, 0.1) is 12.1 Å². The Hall–Kier alpha value is -1.74. The number of hydrogen-bond donors (Lipinski definition) is 1. The average Bonchev–Trinajstić information content (AvgIpc) is 2.74. The van der Waals surface area contributed by atoms with Gasteiger partial charge in [-0.25, -0.2) is 0 Å². The molecule has 0 fully saturated rings. The number of aliphatic imine (C=N–C) groups is 1. The van der Waals surface area contributed by atoms with E-state index in [0.717, 1.165) is 10.9 Å². The van der Waals surface area contributed by atoms with Gasteiger partial charge in [-0.05, 0) is 31.4 Å². The molecule has 3 heteroatoms. The standard InChI is InChI=1S/C25H36N2S/c1-4-5-6-7-8-15-20-28-25(26-21(2)23-16-11-9-12-17-23)27-22(3)24-18-13-10-14-19-24/h9-14,16-19,21-22H,4-8,15,20H2,1-3H3,(H,26,27)/t21-,22-/m0/s1. The third-order valence-electron chi connectivity index (χ3n) is 4.97. The Balaban J connectivity index is 1.95. The highest BCUT2D eigenvalue weighted by molar-refractivity contribution is 8.13. The zero-order chi connectivity index (χ0) is 20.0. The molecule has 2 aromatic rings. The number of benzene rings is 2. The van der Waals surface area contributed by atoms with Crippen LogP contribution in [0.1, 0.15) is 82.5 Å². The molecule has 0 aliphatic heterocycles. The molecule has 28 heavy (non-hydrogen) atoms. The molecule has 0 aliphatic rings. The molecular weight excluding hydrogens is 360 g/mol. The molecule has 2 nitrogen and oxygen atoms in total. The number of nitrogens with zero attached hydrogens (tertiary/aromatic N) is 1. The van der Waals surface area contributed by atoms with Gasteiger partial charge >= 0.3 is 0 Å². The third-order valence-corrected chi connectivity index (χ3v) is 5.96. The lowest BCUT2D eigenvalue weighted by Crippen LogP contribution is -2.25. The van der Waals surface area contributed by atoms with Gasteiger partial charge in [0.1, 0.15) is 0 Å². The molecule has 152 valence electrons. The van der Waals surface area contributed by atoms with Crippen molar-refractivity contribution in [2.75, 3.05) is 5.75 Å². The van der Waals surface area contributed by atoms with Gasteiger partial charge in [0.25, 0.3) is 0 Å². The SMILES string of the molecule is CCCCCCCCSC(=N[C@@H](C)c1ccccc1)N[C@@H](C)c1ccccc1. The largest absolute Gasteiger partial charge is 0.358 e. The zero-order valence-corrected chi connectivity index (χ0v) is 18.5. The maximum absolute atomic E-state index is 5.03. The number of nitrogens with one attached hydrogen (secondary N) is 1. The fourth-order valence-electron chi connectivity index (χ4n) is 3.16. The smallest absolute Gasteiger partial charge is 0.157 e. The van der Waals surface area contributed by atoms with Crippen LogP contribution < -0.4 is 5.32 Å². The van der Waals surface area contributed by atoms with Gasteiger partial charge in [0.2, 0.25) is 0 Å². The molecule has 0 aromatic heterocycles. The van der Waals surface area contributed by atoms with Gasteiger partial charge in [-0.3, -0.25) is 4.99 Å². The van der Waals surface area contributed by atoms with Crippen molar-refractivity contribution >= 4 is 16.9 Å². The monoisotopic (exact) mass is 396 g/mol. The summed E-state index contributed by atoms with van der Waals surface area (Å²) in [6, 6.07) is 21.6. The molecule has 0 unspecified atom stereocenters. The van der Waals surface area contributed by atoms with E-state index in [-0.39, 0.29) is 12.1 Å². The summed E-state index contributed by atoms with van der Waals surface area (Å²) in [6.07, 6.45) is 7.98. The minimum Gasteiger partial charge on any atom is -0.358 e. The van der Waals surface area contributed by atoms with Crippen LogP contribution in [0.5, 0.6) is 0 Å². The van der Waals surface area contributed by atoms with Crippen molar-refractivity contribution in [2.45, 2.75) is 71.4 Å². The Morgan fingerprint density at radius 3 is 2.04 bits per heavy atom. The molecule has 2 aromatic carbocycles. The molecule has 0 saturated carbocycles. The van der Waals surface area contributed by atoms with E-state index in [4.69, 9.17) is 4.99 Å². The van der Waals surface area contributed by atoms with E-state index in [1.807, 2.05) is 11.8 Å². The normalized spacial score (nSPS) is 13.9. The molecule has 0 spiro atoms. The predicted octanol–water partition coefficient (Wildman–Crippen LogP) is 7.55. The van der Waals surface area contributed by atoms with Crippen LogP contribution in [0.4, 0.5) is 0 Å². The highest BCUT2D eigenvalue weighted by Gasteiger charge is 2.11. The summed E-state index contributed by atoms with van der Waals surface area (Å²) in [5.41, 5.74) is 2.55. The van der Waals surface area contributed by atoms with E-state index >= 15 is 0 Å². The van der Waals surface area contributed by atoms with E-state index in [1.54, 1.807) is 0 Å². The summed E-state index contributed by atoms with van der Waals surface area (Å²) in [7, 11) is 0. The van der Waals surface area contributed by atoms with Gasteiger partial charge in [0.15, 0.2) is 5.17 Å². The van der Waals surface area contributed by atoms with Crippen LogP contribution in [0.2, 0.25) is 0 Å². The highest BCUT2D eigenvalue weighted by Crippen LogP contribution is 2.21. The number of hydrogen-bond acceptors (Lipinski definition) is 2. The van der Waals surface area contributed by atoms with Crippen molar-refractivity contribution in [1.29, 1.82) is 0 Å². The summed E-state index contributed by atoms with van der Waals surface area (Å²) in [4.78, 5) is 5.03. The lowest BCUT2D eigenvalue weighted by Gasteiger charge is -2.19. The first kappa shape index (κ1) is 22.5. The topological polar surface area (TPSA) is 24.4 Å². The summed E-state index contributed by atoms with van der Waals surface area (Å²) >= 11 is 1.87. The molecule has 2 rings (SSSR count). The Kier molecular flexibility index (Phi) is 10.8. The summed E-state index contributed by atoms with van der Waals surface area (Å²) in [5, 5.41) is 4.71. The van der Waals surface area contributed by atoms with E-state index in [1.165, 1.54) is 49.7 Å². The first-order chi connectivity index (χ1) is 13.7. The molecule has 0 radical (unpaired) electrons. The van der Waals surface area contributed by atoms with Crippen molar-refractivity contribution in [1.82, 2.24) is 5.32 Å². The van der Waals surface area contributed by atoms with Crippen molar-refractivity contribution in [2.24, 2.45) is 4.99 Å². The van der Waals surface area contributed by atoms with E-state index in [9.17, 15) is 0 Å². The van der Waals surface area contributed by atoms with Crippen LogP contribution >= 0.6 is 11.8 Å². The van der Waals surface area contributed by atoms with Crippen LogP contribution in [0, 0.1) is 0 Å². The number of unbranched alkanes of at least 4 members (excludes halogenated alkanes) is 5. The van der Waals surface area contributed by atoms with Crippen LogP contribution in [-0.4, -0.2) is 10.9 Å². The molecule has 0 aliphatic carbocycles. The van der Waals surface area contributed by atoms with Crippen molar-refractivity contribution in [3.8, 4) is 0 Å². The number of rotatable bonds is 11. The van der Waals surface area contributed by atoms with Gasteiger partial charge < -0.3 is 5.32 Å². The molecule has 1 N–H and O–H groups in total. The second kappa shape index (κ2) is 13.4. The van der Waals surface area contributed by atoms with Gasteiger partial charge in [-0.1, -0.05) is 111 Å². The van der Waals surface area contributed by atoms with Crippen molar-refractivity contribution < 1.29 is 0 Å². The molecule has 0 heterocycles. The third kappa shape index (κ3) is 8.52. The molecule has 0 amide bonds. The second-order valence-electron chi connectivity index (χ2n) is 7.41. The average molecular weight is 397 g/mol. The van der Waals surface area contributed by atoms with Crippen LogP contribution in [0.3, 0.4) is 0 Å². The lowest BCUT2D eigenvalue weighted by molar-refractivity contribution is 0.627. The van der Waals surface area contributed by atoms with Crippen molar-refractivity contribution in [3.63, 3.8) is 0 Å². The Morgan fingerprint density at radius 1 is 0.821 bits per heavy atom. The minimum atomic E-state index is 0.156. The van der Waals surface area contributed by atoms with Crippen LogP contribution in [-0.2, 0) is 0 Å². The predicted molar refractivity (Wildman–Crippen MR) is 126 cm³/mol. The van der Waals surface area contributed by atoms with Crippen molar-refractivity contribution in [3.05, 3.63) is 71.8 Å². The van der Waals surface area contributed by atoms with Crippen LogP contribution in [0.15, 0.2) is 65.7 Å². The fraction of sp³-hybridized carbons (Fsp3) is 0.480. The first-order valence-electron chi connectivity index (χ1n) is 10.8. The Morgan fingerprint density at radius 2 is 1.39 bits per heavy atom. The van der Waals surface area contributed by atoms with E-state index in [2.05, 4.69) is 86.8 Å². The summed E-state index contributed by atoms with van der Waals surface area (Å²) in [5.74, 6) is 1.13. The van der Waals surface area contributed by atoms with Gasteiger partial charge in [0, 0.05) is 5.75 Å². The molecular formula is C25H36N2S. The zero-order valence-electron chi connectivity index (χ0n) is 17.7. The van der Waals surface area contributed by atoms with Gasteiger partial charge in [-0.2, -0.15) is 0 Å².